The van der Waals surface area contributed by atoms with Crippen molar-refractivity contribution in [1.82, 2.24) is 15.5 Å². The fourth-order valence-corrected chi connectivity index (χ4v) is 3.29. The molecular formula is C17H14FN3O4S. The van der Waals surface area contributed by atoms with Crippen molar-refractivity contribution in [2.75, 3.05) is 0 Å². The van der Waals surface area contributed by atoms with Crippen LogP contribution < -0.4 is 5.32 Å². The van der Waals surface area contributed by atoms with Crippen LogP contribution in [0.5, 0.6) is 0 Å². The Morgan fingerprint density at radius 3 is 2.42 bits per heavy atom. The Balaban J connectivity index is 1.64. The Bertz CT molecular complexity index is 1000. The van der Waals surface area contributed by atoms with E-state index in [0.29, 0.717) is 5.56 Å². The highest BCUT2D eigenvalue weighted by atomic mass is 32.2. The van der Waals surface area contributed by atoms with Crippen molar-refractivity contribution >= 4 is 15.7 Å². The average Bonchev–Trinajstić information content (AvgIpc) is 3.11. The molecule has 0 aliphatic carbocycles. The molecule has 1 aromatic heterocycles. The summed E-state index contributed by atoms with van der Waals surface area (Å²) in [6, 6.07) is 13.6. The third kappa shape index (κ3) is 4.31. The van der Waals surface area contributed by atoms with Gasteiger partial charge in [0.2, 0.25) is 15.7 Å². The summed E-state index contributed by atoms with van der Waals surface area (Å²) in [7, 11) is -3.78. The maximum absolute atomic E-state index is 12.8. The highest BCUT2D eigenvalue weighted by Gasteiger charge is 2.23. The summed E-state index contributed by atoms with van der Waals surface area (Å²) in [6.45, 7) is -0.149. The molecule has 0 bridgehead atoms. The summed E-state index contributed by atoms with van der Waals surface area (Å²) in [5.74, 6) is -1.24. The van der Waals surface area contributed by atoms with Gasteiger partial charge in [0.25, 0.3) is 5.91 Å². The minimum atomic E-state index is -3.78. The number of hydrogen-bond donors (Lipinski definition) is 1. The number of carbonyl (C=O) groups is 1. The molecule has 0 aliphatic heterocycles. The van der Waals surface area contributed by atoms with Crippen LogP contribution in [-0.4, -0.2) is 24.5 Å². The third-order valence-corrected chi connectivity index (χ3v) is 4.83. The van der Waals surface area contributed by atoms with E-state index in [1.54, 1.807) is 30.3 Å². The first-order valence-corrected chi connectivity index (χ1v) is 9.22. The van der Waals surface area contributed by atoms with Gasteiger partial charge >= 0.3 is 5.22 Å². The second-order valence-corrected chi connectivity index (χ2v) is 7.26. The first-order valence-electron chi connectivity index (χ1n) is 7.57. The van der Waals surface area contributed by atoms with Crippen LogP contribution in [0.1, 0.15) is 21.8 Å². The maximum atomic E-state index is 12.8. The molecule has 0 atom stereocenters. The molecule has 3 aromatic rings. The SMILES string of the molecule is O=C(NCc1nnc(S(=O)(=O)Cc2ccccc2)o1)c1ccc(F)cc1. The molecule has 3 rings (SSSR count). The van der Waals surface area contributed by atoms with Crippen LogP contribution in [-0.2, 0) is 22.1 Å². The molecule has 134 valence electrons. The fraction of sp³-hybridized carbons (Fsp3) is 0.118. The van der Waals surface area contributed by atoms with E-state index in [2.05, 4.69) is 15.5 Å². The number of nitrogens with zero attached hydrogens (tertiary/aromatic N) is 2. The molecule has 9 heteroatoms. The maximum Gasteiger partial charge on any atom is 0.335 e. The number of amides is 1. The molecule has 0 spiro atoms. The van der Waals surface area contributed by atoms with E-state index in [1.807, 2.05) is 0 Å². The van der Waals surface area contributed by atoms with Crippen molar-refractivity contribution in [1.29, 1.82) is 0 Å². The van der Waals surface area contributed by atoms with E-state index in [4.69, 9.17) is 4.42 Å². The van der Waals surface area contributed by atoms with Crippen molar-refractivity contribution < 1.29 is 22.0 Å². The van der Waals surface area contributed by atoms with Gasteiger partial charge in [-0.3, -0.25) is 4.79 Å². The highest BCUT2D eigenvalue weighted by Crippen LogP contribution is 2.15. The lowest BCUT2D eigenvalue weighted by Crippen LogP contribution is -2.22. The number of nitrogens with one attached hydrogen (secondary N) is 1. The van der Waals surface area contributed by atoms with Crippen molar-refractivity contribution in [3.8, 4) is 0 Å². The van der Waals surface area contributed by atoms with E-state index < -0.39 is 26.8 Å². The number of benzene rings is 2. The molecule has 26 heavy (non-hydrogen) atoms. The molecule has 2 aromatic carbocycles. The number of rotatable bonds is 6. The molecule has 7 nitrogen and oxygen atoms in total. The van der Waals surface area contributed by atoms with Crippen LogP contribution in [0.15, 0.2) is 64.2 Å². The summed E-state index contributed by atoms with van der Waals surface area (Å²) in [4.78, 5) is 11.9. The fourth-order valence-electron chi connectivity index (χ4n) is 2.15. The highest BCUT2D eigenvalue weighted by molar-refractivity contribution is 7.90. The van der Waals surface area contributed by atoms with Crippen LogP contribution in [0.25, 0.3) is 0 Å². The van der Waals surface area contributed by atoms with Crippen LogP contribution >= 0.6 is 0 Å². The second-order valence-electron chi connectivity index (χ2n) is 5.40. The van der Waals surface area contributed by atoms with Crippen molar-refractivity contribution in [3.05, 3.63) is 77.4 Å². The molecule has 0 fully saturated rings. The van der Waals surface area contributed by atoms with Gasteiger partial charge in [0.05, 0.1) is 12.3 Å². The van der Waals surface area contributed by atoms with Gasteiger partial charge in [-0.05, 0) is 29.8 Å². The van der Waals surface area contributed by atoms with E-state index in [9.17, 15) is 17.6 Å². The van der Waals surface area contributed by atoms with Gasteiger partial charge < -0.3 is 9.73 Å². The summed E-state index contributed by atoms with van der Waals surface area (Å²) < 4.78 is 42.6. The summed E-state index contributed by atoms with van der Waals surface area (Å²) >= 11 is 0. The number of aromatic nitrogens is 2. The Hall–Kier alpha value is -3.07. The van der Waals surface area contributed by atoms with Crippen molar-refractivity contribution in [2.24, 2.45) is 0 Å². The van der Waals surface area contributed by atoms with Crippen LogP contribution in [0, 0.1) is 5.82 Å². The van der Waals surface area contributed by atoms with E-state index in [-0.39, 0.29) is 23.8 Å². The summed E-state index contributed by atoms with van der Waals surface area (Å²) in [5.41, 5.74) is 0.847. The predicted molar refractivity (Wildman–Crippen MR) is 89.2 cm³/mol. The van der Waals surface area contributed by atoms with Gasteiger partial charge in [-0.2, -0.15) is 0 Å². The van der Waals surface area contributed by atoms with Gasteiger partial charge in [-0.15, -0.1) is 5.10 Å². The van der Waals surface area contributed by atoms with Crippen molar-refractivity contribution in [2.45, 2.75) is 17.5 Å². The van der Waals surface area contributed by atoms with Gasteiger partial charge in [-0.1, -0.05) is 35.4 Å². The molecular weight excluding hydrogens is 361 g/mol. The van der Waals surface area contributed by atoms with E-state index in [1.165, 1.54) is 12.1 Å². The number of sulfone groups is 1. The van der Waals surface area contributed by atoms with Crippen molar-refractivity contribution in [3.63, 3.8) is 0 Å². The lowest BCUT2D eigenvalue weighted by Gasteiger charge is -2.02. The standard InChI is InChI=1S/C17H14FN3O4S/c18-14-8-6-13(7-9-14)16(22)19-10-15-20-21-17(25-15)26(23,24)11-12-4-2-1-3-5-12/h1-9H,10-11H2,(H,19,22). The normalized spacial score (nSPS) is 11.3. The van der Waals surface area contributed by atoms with Crippen LogP contribution in [0.4, 0.5) is 4.39 Å². The topological polar surface area (TPSA) is 102 Å². The van der Waals surface area contributed by atoms with Gasteiger partial charge in [0.1, 0.15) is 5.82 Å². The quantitative estimate of drug-likeness (QED) is 0.708. The van der Waals surface area contributed by atoms with Gasteiger partial charge in [-0.25, -0.2) is 12.8 Å². The molecule has 0 saturated heterocycles. The van der Waals surface area contributed by atoms with Crippen LogP contribution in [0.3, 0.4) is 0 Å². The molecule has 0 aliphatic rings. The predicted octanol–water partition coefficient (Wildman–Crippen LogP) is 2.11. The third-order valence-electron chi connectivity index (χ3n) is 3.42. The minimum absolute atomic E-state index is 0.0490. The Labute approximate surface area is 148 Å². The first-order chi connectivity index (χ1) is 12.4. The number of carbonyl (C=O) groups excluding carboxylic acids is 1. The van der Waals surface area contributed by atoms with Gasteiger partial charge in [0, 0.05) is 5.56 Å². The first kappa shape index (κ1) is 17.7. The number of hydrogen-bond acceptors (Lipinski definition) is 6. The lowest BCUT2D eigenvalue weighted by atomic mass is 10.2. The molecule has 1 N–H and O–H groups in total. The molecule has 1 amide bonds. The Kier molecular flexibility index (Phi) is 5.08. The van der Waals surface area contributed by atoms with E-state index >= 15 is 0 Å². The largest absolute Gasteiger partial charge is 0.411 e. The molecule has 0 unspecified atom stereocenters. The van der Waals surface area contributed by atoms with Crippen LogP contribution in [0.2, 0.25) is 0 Å². The zero-order chi connectivity index (χ0) is 18.6. The monoisotopic (exact) mass is 375 g/mol. The summed E-state index contributed by atoms with van der Waals surface area (Å²) in [6.07, 6.45) is 0. The van der Waals surface area contributed by atoms with Gasteiger partial charge in [0.15, 0.2) is 0 Å². The summed E-state index contributed by atoms with van der Waals surface area (Å²) in [5, 5.41) is 9.16. The lowest BCUT2D eigenvalue weighted by molar-refractivity contribution is 0.0946. The smallest absolute Gasteiger partial charge is 0.335 e. The second kappa shape index (κ2) is 7.44. The van der Waals surface area contributed by atoms with E-state index in [0.717, 1.165) is 12.1 Å². The average molecular weight is 375 g/mol. The Morgan fingerprint density at radius 1 is 1.04 bits per heavy atom. The Morgan fingerprint density at radius 2 is 1.73 bits per heavy atom. The zero-order valence-electron chi connectivity index (χ0n) is 13.4. The molecule has 0 saturated carbocycles. The number of halogens is 1. The molecule has 0 radical (unpaired) electrons. The zero-order valence-corrected chi connectivity index (χ0v) is 14.2. The molecule has 1 heterocycles. The minimum Gasteiger partial charge on any atom is -0.411 e.